The van der Waals surface area contributed by atoms with E-state index in [9.17, 15) is 9.59 Å². The summed E-state index contributed by atoms with van der Waals surface area (Å²) in [6.45, 7) is 0. The molecule has 1 heterocycles. The zero-order chi connectivity index (χ0) is 8.55. The lowest BCUT2D eigenvalue weighted by atomic mass is 9.93. The van der Waals surface area contributed by atoms with Crippen LogP contribution in [0.5, 0.6) is 0 Å². The molecule has 1 saturated carbocycles. The lowest BCUT2D eigenvalue weighted by Crippen LogP contribution is -2.39. The number of hydrogen-bond donors (Lipinski definition) is 1. The van der Waals surface area contributed by atoms with E-state index in [4.69, 9.17) is 0 Å². The number of aromatic amines is 1. The standard InChI is InChI=1S/C8H10N2O2/c11-7-8(12)10(5-4-9-7)6-2-1-3-6/h4-6H,1-3H2,(H,9,11). The molecule has 4 heteroatoms. The van der Waals surface area contributed by atoms with Crippen molar-refractivity contribution in [2.24, 2.45) is 0 Å². The van der Waals surface area contributed by atoms with E-state index in [1.54, 1.807) is 6.20 Å². The highest BCUT2D eigenvalue weighted by Gasteiger charge is 2.20. The zero-order valence-corrected chi connectivity index (χ0v) is 6.62. The second-order valence-electron chi connectivity index (χ2n) is 3.09. The minimum atomic E-state index is -0.524. The van der Waals surface area contributed by atoms with Crippen molar-refractivity contribution in [3.8, 4) is 0 Å². The maximum atomic E-state index is 11.2. The molecule has 0 bridgehead atoms. The summed E-state index contributed by atoms with van der Waals surface area (Å²) in [7, 11) is 0. The van der Waals surface area contributed by atoms with Crippen LogP contribution in [0.3, 0.4) is 0 Å². The van der Waals surface area contributed by atoms with Crippen molar-refractivity contribution in [2.45, 2.75) is 25.3 Å². The smallest absolute Gasteiger partial charge is 0.316 e. The van der Waals surface area contributed by atoms with Gasteiger partial charge in [-0.25, -0.2) is 0 Å². The molecule has 1 N–H and O–H groups in total. The third-order valence-electron chi connectivity index (χ3n) is 2.35. The predicted molar refractivity (Wildman–Crippen MR) is 44.2 cm³/mol. The third-order valence-corrected chi connectivity index (χ3v) is 2.35. The number of nitrogens with one attached hydrogen (secondary N) is 1. The van der Waals surface area contributed by atoms with Crippen LogP contribution >= 0.6 is 0 Å². The Morgan fingerprint density at radius 1 is 1.42 bits per heavy atom. The minimum absolute atomic E-state index is 0.264. The first-order valence-corrected chi connectivity index (χ1v) is 4.09. The Morgan fingerprint density at radius 3 is 2.75 bits per heavy atom. The van der Waals surface area contributed by atoms with Crippen LogP contribution in [-0.4, -0.2) is 9.55 Å². The van der Waals surface area contributed by atoms with Crippen molar-refractivity contribution in [3.05, 3.63) is 33.1 Å². The monoisotopic (exact) mass is 166 g/mol. The summed E-state index contributed by atoms with van der Waals surface area (Å²) in [4.78, 5) is 24.5. The summed E-state index contributed by atoms with van der Waals surface area (Å²) < 4.78 is 1.53. The Kier molecular flexibility index (Phi) is 1.60. The summed E-state index contributed by atoms with van der Waals surface area (Å²) in [5, 5.41) is 0. The summed E-state index contributed by atoms with van der Waals surface area (Å²) in [5.74, 6) is 0. The van der Waals surface area contributed by atoms with Crippen LogP contribution in [0.4, 0.5) is 0 Å². The van der Waals surface area contributed by atoms with E-state index in [2.05, 4.69) is 4.98 Å². The molecule has 4 nitrogen and oxygen atoms in total. The fraction of sp³-hybridized carbons (Fsp3) is 0.500. The van der Waals surface area contributed by atoms with Crippen molar-refractivity contribution in [1.82, 2.24) is 9.55 Å². The molecule has 0 atom stereocenters. The van der Waals surface area contributed by atoms with Gasteiger partial charge < -0.3 is 9.55 Å². The first kappa shape index (κ1) is 7.34. The Labute approximate surface area is 68.9 Å². The maximum Gasteiger partial charge on any atom is 0.316 e. The van der Waals surface area contributed by atoms with Gasteiger partial charge in [0.25, 0.3) is 0 Å². The lowest BCUT2D eigenvalue weighted by Gasteiger charge is -2.26. The molecule has 1 aliphatic rings. The zero-order valence-electron chi connectivity index (χ0n) is 6.62. The fourth-order valence-corrected chi connectivity index (χ4v) is 1.39. The minimum Gasteiger partial charge on any atom is -0.323 e. The second-order valence-corrected chi connectivity index (χ2v) is 3.09. The molecule has 12 heavy (non-hydrogen) atoms. The molecule has 0 spiro atoms. The quantitative estimate of drug-likeness (QED) is 0.608. The van der Waals surface area contributed by atoms with Gasteiger partial charge >= 0.3 is 11.1 Å². The first-order chi connectivity index (χ1) is 5.79. The molecular weight excluding hydrogens is 156 g/mol. The maximum absolute atomic E-state index is 11.2. The van der Waals surface area contributed by atoms with Gasteiger partial charge in [0.05, 0.1) is 0 Å². The molecule has 2 rings (SSSR count). The van der Waals surface area contributed by atoms with Crippen molar-refractivity contribution in [1.29, 1.82) is 0 Å². The molecule has 1 aliphatic carbocycles. The highest BCUT2D eigenvalue weighted by molar-refractivity contribution is 4.88. The van der Waals surface area contributed by atoms with Crippen molar-refractivity contribution in [2.75, 3.05) is 0 Å². The van der Waals surface area contributed by atoms with E-state index in [-0.39, 0.29) is 6.04 Å². The van der Waals surface area contributed by atoms with Gasteiger partial charge in [0.15, 0.2) is 0 Å². The van der Waals surface area contributed by atoms with Crippen molar-refractivity contribution < 1.29 is 0 Å². The molecule has 0 unspecified atom stereocenters. The predicted octanol–water partition coefficient (Wildman–Crippen LogP) is 0.262. The Hall–Kier alpha value is -1.32. The van der Waals surface area contributed by atoms with Crippen LogP contribution in [0.1, 0.15) is 25.3 Å². The van der Waals surface area contributed by atoms with Gasteiger partial charge in [-0.05, 0) is 19.3 Å². The van der Waals surface area contributed by atoms with E-state index in [0.717, 1.165) is 19.3 Å². The van der Waals surface area contributed by atoms with E-state index in [1.165, 1.54) is 10.8 Å². The van der Waals surface area contributed by atoms with Crippen LogP contribution in [0.2, 0.25) is 0 Å². The van der Waals surface area contributed by atoms with E-state index >= 15 is 0 Å². The highest BCUT2D eigenvalue weighted by Crippen LogP contribution is 2.29. The van der Waals surface area contributed by atoms with Gasteiger partial charge in [-0.2, -0.15) is 0 Å². The lowest BCUT2D eigenvalue weighted by molar-refractivity contribution is 0.304. The Bertz CT molecular complexity index is 387. The number of H-pyrrole nitrogens is 1. The second kappa shape index (κ2) is 2.62. The summed E-state index contributed by atoms with van der Waals surface area (Å²) in [6, 6.07) is 0.264. The van der Waals surface area contributed by atoms with Gasteiger partial charge in [-0.1, -0.05) is 0 Å². The molecule has 1 fully saturated rings. The van der Waals surface area contributed by atoms with Crippen LogP contribution in [-0.2, 0) is 0 Å². The number of hydrogen-bond acceptors (Lipinski definition) is 2. The van der Waals surface area contributed by atoms with E-state index in [0.29, 0.717) is 0 Å². The van der Waals surface area contributed by atoms with Gasteiger partial charge in [-0.3, -0.25) is 9.59 Å². The fourth-order valence-electron chi connectivity index (χ4n) is 1.39. The summed E-state index contributed by atoms with van der Waals surface area (Å²) in [6.07, 6.45) is 6.35. The van der Waals surface area contributed by atoms with Crippen LogP contribution < -0.4 is 11.1 Å². The molecule has 0 radical (unpaired) electrons. The molecule has 1 aromatic heterocycles. The molecule has 0 aliphatic heterocycles. The molecule has 64 valence electrons. The van der Waals surface area contributed by atoms with Crippen molar-refractivity contribution >= 4 is 0 Å². The molecular formula is C8H10N2O2. The molecule has 0 saturated heterocycles. The molecule has 0 amide bonds. The topological polar surface area (TPSA) is 54.9 Å². The van der Waals surface area contributed by atoms with Gasteiger partial charge in [0.2, 0.25) is 0 Å². The normalized spacial score (nSPS) is 17.3. The number of rotatable bonds is 1. The van der Waals surface area contributed by atoms with E-state index in [1.807, 2.05) is 0 Å². The summed E-state index contributed by atoms with van der Waals surface area (Å²) >= 11 is 0. The largest absolute Gasteiger partial charge is 0.323 e. The Morgan fingerprint density at radius 2 is 2.17 bits per heavy atom. The Balaban J connectivity index is 2.50. The SMILES string of the molecule is O=c1[nH]ccn(C2CCC2)c1=O. The molecule has 1 aromatic rings. The third kappa shape index (κ3) is 0.995. The van der Waals surface area contributed by atoms with E-state index < -0.39 is 11.1 Å². The van der Waals surface area contributed by atoms with Crippen LogP contribution in [0.25, 0.3) is 0 Å². The number of nitrogens with zero attached hydrogens (tertiary/aromatic N) is 1. The average Bonchev–Trinajstić information content (AvgIpc) is 1.95. The highest BCUT2D eigenvalue weighted by atomic mass is 16.2. The van der Waals surface area contributed by atoms with Crippen LogP contribution in [0.15, 0.2) is 22.0 Å². The van der Waals surface area contributed by atoms with Gasteiger partial charge in [0, 0.05) is 18.4 Å². The van der Waals surface area contributed by atoms with Crippen LogP contribution in [0, 0.1) is 0 Å². The number of aromatic nitrogens is 2. The van der Waals surface area contributed by atoms with Gasteiger partial charge in [-0.15, -0.1) is 0 Å². The first-order valence-electron chi connectivity index (χ1n) is 4.09. The van der Waals surface area contributed by atoms with Crippen molar-refractivity contribution in [3.63, 3.8) is 0 Å². The molecule has 0 aromatic carbocycles. The van der Waals surface area contributed by atoms with Gasteiger partial charge in [0.1, 0.15) is 0 Å². The summed E-state index contributed by atoms with van der Waals surface area (Å²) in [5.41, 5.74) is -0.952. The average molecular weight is 166 g/mol.